The van der Waals surface area contributed by atoms with E-state index in [9.17, 15) is 0 Å². The molecular formula is C15H22Cl2N2. The molecule has 3 atom stereocenters. The molecule has 3 rings (SSSR count). The number of hydrogen-bond donors (Lipinski definition) is 1. The third-order valence-corrected chi connectivity index (χ3v) is 4.76. The van der Waals surface area contributed by atoms with E-state index in [0.29, 0.717) is 6.04 Å². The predicted octanol–water partition coefficient (Wildman–Crippen LogP) is 3.32. The maximum atomic E-state index is 6.25. The van der Waals surface area contributed by atoms with Crippen LogP contribution >= 0.6 is 24.0 Å². The molecule has 106 valence electrons. The van der Waals surface area contributed by atoms with Gasteiger partial charge in [0.25, 0.3) is 0 Å². The van der Waals surface area contributed by atoms with Gasteiger partial charge in [-0.05, 0) is 42.4 Å². The lowest BCUT2D eigenvalue weighted by Crippen LogP contribution is -2.38. The second-order valence-electron chi connectivity index (χ2n) is 5.84. The fraction of sp³-hybridized carbons (Fsp3) is 0.600. The van der Waals surface area contributed by atoms with E-state index in [0.717, 1.165) is 23.4 Å². The molecule has 0 aromatic heterocycles. The van der Waals surface area contributed by atoms with Crippen LogP contribution in [0.25, 0.3) is 0 Å². The first-order valence-corrected chi connectivity index (χ1v) is 7.32. The molecule has 3 unspecified atom stereocenters. The first-order valence-electron chi connectivity index (χ1n) is 6.95. The van der Waals surface area contributed by atoms with Gasteiger partial charge in [0.05, 0.1) is 0 Å². The number of benzene rings is 1. The Labute approximate surface area is 126 Å². The van der Waals surface area contributed by atoms with Gasteiger partial charge in [0, 0.05) is 30.7 Å². The third kappa shape index (κ3) is 3.43. The Kier molecular flexibility index (Phi) is 5.13. The lowest BCUT2D eigenvalue weighted by Gasteiger charge is -2.29. The van der Waals surface area contributed by atoms with Crippen LogP contribution in [-0.4, -0.2) is 24.0 Å². The van der Waals surface area contributed by atoms with Gasteiger partial charge in [-0.15, -0.1) is 12.4 Å². The number of fused-ring (bicyclic) bond motifs is 1. The minimum absolute atomic E-state index is 0. The molecule has 1 heterocycles. The standard InChI is InChI=1S/C15H21ClN2.ClH/c16-13-5-1-3-11(7-13)8-18-9-12-4-2-6-15(17)14(12)10-18;/h1,3,5,7,12,14-15H,2,4,6,8-10,17H2;1H. The number of likely N-dealkylation sites (tertiary alicyclic amines) is 1. The fourth-order valence-corrected chi connectivity index (χ4v) is 3.84. The largest absolute Gasteiger partial charge is 0.327 e. The van der Waals surface area contributed by atoms with Crippen molar-refractivity contribution in [2.45, 2.75) is 31.8 Å². The maximum absolute atomic E-state index is 6.25. The normalized spacial score (nSPS) is 30.7. The van der Waals surface area contributed by atoms with Crippen LogP contribution in [0.4, 0.5) is 0 Å². The molecule has 1 aliphatic carbocycles. The van der Waals surface area contributed by atoms with Crippen molar-refractivity contribution < 1.29 is 0 Å². The van der Waals surface area contributed by atoms with Gasteiger partial charge in [0.1, 0.15) is 0 Å². The Morgan fingerprint density at radius 1 is 1.26 bits per heavy atom. The Morgan fingerprint density at radius 2 is 2.11 bits per heavy atom. The summed E-state index contributed by atoms with van der Waals surface area (Å²) >= 11 is 6.04. The summed E-state index contributed by atoms with van der Waals surface area (Å²) in [5.41, 5.74) is 7.57. The SMILES string of the molecule is Cl.NC1CCCC2CN(Cc3cccc(Cl)c3)CC12. The van der Waals surface area contributed by atoms with Crippen LogP contribution in [0.3, 0.4) is 0 Å². The molecule has 2 nitrogen and oxygen atoms in total. The quantitative estimate of drug-likeness (QED) is 0.908. The summed E-state index contributed by atoms with van der Waals surface area (Å²) in [6, 6.07) is 8.63. The van der Waals surface area contributed by atoms with Gasteiger partial charge in [0.15, 0.2) is 0 Å². The molecule has 0 spiro atoms. The van der Waals surface area contributed by atoms with E-state index in [-0.39, 0.29) is 12.4 Å². The van der Waals surface area contributed by atoms with Crippen molar-refractivity contribution in [2.75, 3.05) is 13.1 Å². The number of hydrogen-bond acceptors (Lipinski definition) is 2. The highest BCUT2D eigenvalue weighted by atomic mass is 35.5. The van der Waals surface area contributed by atoms with Gasteiger partial charge >= 0.3 is 0 Å². The molecule has 2 aliphatic rings. The number of nitrogens with zero attached hydrogens (tertiary/aromatic N) is 1. The summed E-state index contributed by atoms with van der Waals surface area (Å²) in [6.07, 6.45) is 3.89. The van der Waals surface area contributed by atoms with Crippen LogP contribution in [-0.2, 0) is 6.54 Å². The molecular weight excluding hydrogens is 279 g/mol. The number of halogens is 2. The summed E-state index contributed by atoms with van der Waals surface area (Å²) in [6.45, 7) is 3.39. The maximum Gasteiger partial charge on any atom is 0.0409 e. The van der Waals surface area contributed by atoms with E-state index in [2.05, 4.69) is 17.0 Å². The Morgan fingerprint density at radius 3 is 2.84 bits per heavy atom. The second kappa shape index (κ2) is 6.45. The summed E-state index contributed by atoms with van der Waals surface area (Å²) in [5.74, 6) is 1.55. The molecule has 2 N–H and O–H groups in total. The van der Waals surface area contributed by atoms with Crippen LogP contribution in [0.2, 0.25) is 5.02 Å². The topological polar surface area (TPSA) is 29.3 Å². The zero-order valence-electron chi connectivity index (χ0n) is 11.1. The smallest absolute Gasteiger partial charge is 0.0409 e. The first-order chi connectivity index (χ1) is 8.72. The number of rotatable bonds is 2. The van der Waals surface area contributed by atoms with Crippen molar-refractivity contribution in [3.8, 4) is 0 Å². The van der Waals surface area contributed by atoms with Crippen molar-refractivity contribution in [3.63, 3.8) is 0 Å². The molecule has 1 aromatic rings. The molecule has 2 fully saturated rings. The molecule has 0 radical (unpaired) electrons. The second-order valence-corrected chi connectivity index (χ2v) is 6.28. The van der Waals surface area contributed by atoms with Crippen molar-refractivity contribution in [2.24, 2.45) is 17.6 Å². The molecule has 1 saturated heterocycles. The van der Waals surface area contributed by atoms with Gasteiger partial charge < -0.3 is 5.73 Å². The highest BCUT2D eigenvalue weighted by Gasteiger charge is 2.38. The zero-order chi connectivity index (χ0) is 12.5. The molecule has 1 saturated carbocycles. The Hall–Kier alpha value is -0.280. The highest BCUT2D eigenvalue weighted by molar-refractivity contribution is 6.30. The fourth-order valence-electron chi connectivity index (χ4n) is 3.63. The molecule has 4 heteroatoms. The molecule has 0 amide bonds. The lowest BCUT2D eigenvalue weighted by molar-refractivity contribution is 0.259. The van der Waals surface area contributed by atoms with E-state index in [1.54, 1.807) is 0 Å². The molecule has 19 heavy (non-hydrogen) atoms. The van der Waals surface area contributed by atoms with Crippen molar-refractivity contribution in [1.82, 2.24) is 4.90 Å². The van der Waals surface area contributed by atoms with Crippen LogP contribution in [0.1, 0.15) is 24.8 Å². The van der Waals surface area contributed by atoms with Crippen molar-refractivity contribution >= 4 is 24.0 Å². The van der Waals surface area contributed by atoms with E-state index in [4.69, 9.17) is 17.3 Å². The molecule has 1 aromatic carbocycles. The minimum Gasteiger partial charge on any atom is -0.327 e. The average molecular weight is 301 g/mol. The van der Waals surface area contributed by atoms with Gasteiger partial charge in [-0.2, -0.15) is 0 Å². The summed E-state index contributed by atoms with van der Waals surface area (Å²) in [7, 11) is 0. The van der Waals surface area contributed by atoms with Gasteiger partial charge in [-0.25, -0.2) is 0 Å². The average Bonchev–Trinajstić information content (AvgIpc) is 2.73. The molecule has 0 bridgehead atoms. The van der Waals surface area contributed by atoms with E-state index < -0.39 is 0 Å². The monoisotopic (exact) mass is 300 g/mol. The van der Waals surface area contributed by atoms with E-state index in [1.165, 1.54) is 37.9 Å². The Balaban J connectivity index is 0.00000133. The predicted molar refractivity (Wildman–Crippen MR) is 82.8 cm³/mol. The van der Waals surface area contributed by atoms with E-state index >= 15 is 0 Å². The first kappa shape index (κ1) is 15.1. The van der Waals surface area contributed by atoms with Crippen LogP contribution in [0.15, 0.2) is 24.3 Å². The van der Waals surface area contributed by atoms with Crippen LogP contribution in [0, 0.1) is 11.8 Å². The van der Waals surface area contributed by atoms with Crippen LogP contribution < -0.4 is 5.73 Å². The van der Waals surface area contributed by atoms with Crippen molar-refractivity contribution in [1.29, 1.82) is 0 Å². The summed E-state index contributed by atoms with van der Waals surface area (Å²) < 4.78 is 0. The summed E-state index contributed by atoms with van der Waals surface area (Å²) in [4.78, 5) is 2.55. The zero-order valence-corrected chi connectivity index (χ0v) is 12.7. The van der Waals surface area contributed by atoms with E-state index in [1.807, 2.05) is 12.1 Å². The van der Waals surface area contributed by atoms with Gasteiger partial charge in [-0.1, -0.05) is 30.2 Å². The highest BCUT2D eigenvalue weighted by Crippen LogP contribution is 2.36. The molecule has 1 aliphatic heterocycles. The third-order valence-electron chi connectivity index (χ3n) is 4.52. The number of nitrogens with two attached hydrogens (primary N) is 1. The minimum atomic E-state index is 0. The Bertz CT molecular complexity index is 424. The van der Waals surface area contributed by atoms with Crippen molar-refractivity contribution in [3.05, 3.63) is 34.9 Å². The van der Waals surface area contributed by atoms with Crippen LogP contribution in [0.5, 0.6) is 0 Å². The summed E-state index contributed by atoms with van der Waals surface area (Å²) in [5, 5.41) is 0.834. The lowest BCUT2D eigenvalue weighted by atomic mass is 9.78. The van der Waals surface area contributed by atoms with Gasteiger partial charge in [-0.3, -0.25) is 4.90 Å². The van der Waals surface area contributed by atoms with Gasteiger partial charge in [0.2, 0.25) is 0 Å².